The Morgan fingerprint density at radius 1 is 1.24 bits per heavy atom. The summed E-state index contributed by atoms with van der Waals surface area (Å²) in [6.07, 6.45) is 7.00. The lowest BCUT2D eigenvalue weighted by molar-refractivity contribution is 0.133. The number of ether oxygens (including phenoxy) is 2. The molecule has 2 saturated heterocycles. The number of rotatable bonds is 3. The van der Waals surface area contributed by atoms with E-state index in [0.717, 1.165) is 62.5 Å². The number of hydrogen-bond donors (Lipinski definition) is 1. The number of halogens is 1. The number of aromatic amines is 1. The van der Waals surface area contributed by atoms with Crippen LogP contribution in [-0.2, 0) is 4.74 Å². The van der Waals surface area contributed by atoms with Crippen LogP contribution in [0.4, 0.5) is 10.3 Å². The molecular formula is C25H25FN6O2. The normalized spacial score (nSPS) is 17.4. The van der Waals surface area contributed by atoms with Crippen molar-refractivity contribution in [3.05, 3.63) is 47.7 Å². The molecule has 9 heteroatoms. The summed E-state index contributed by atoms with van der Waals surface area (Å²) in [5.74, 6) is 6.45. The maximum Gasteiger partial charge on any atom is 0.213 e. The molecule has 0 amide bonds. The van der Waals surface area contributed by atoms with Crippen LogP contribution in [0.3, 0.4) is 0 Å². The quantitative estimate of drug-likeness (QED) is 0.471. The standard InChI is InChI=1S/C25H25FN6O2/c1-2-34-19-5-3-4-17(21(19)26)6-7-18-20-22(30-29-18)28-24(32-14-11-27-23(20)32)31-12-8-25(9-13-31)10-15-33-16-25/h3-5,11,14H,2,8-10,12-13,15-16H2,1H3,(H,29,30). The van der Waals surface area contributed by atoms with Crippen molar-refractivity contribution in [2.24, 2.45) is 5.41 Å². The molecule has 34 heavy (non-hydrogen) atoms. The van der Waals surface area contributed by atoms with Crippen molar-refractivity contribution in [1.82, 2.24) is 24.6 Å². The monoisotopic (exact) mass is 460 g/mol. The number of fused-ring (bicyclic) bond motifs is 3. The minimum absolute atomic E-state index is 0.190. The van der Waals surface area contributed by atoms with Gasteiger partial charge in [-0.1, -0.05) is 12.0 Å². The van der Waals surface area contributed by atoms with Gasteiger partial charge in [-0.15, -0.1) is 0 Å². The van der Waals surface area contributed by atoms with Crippen LogP contribution in [0.25, 0.3) is 16.7 Å². The first-order valence-electron chi connectivity index (χ1n) is 11.6. The number of imidazole rings is 1. The summed E-state index contributed by atoms with van der Waals surface area (Å²) in [4.78, 5) is 11.8. The minimum Gasteiger partial charge on any atom is -0.491 e. The maximum atomic E-state index is 14.7. The first kappa shape index (κ1) is 20.9. The number of nitrogens with one attached hydrogen (secondary N) is 1. The number of H-pyrrole nitrogens is 1. The molecule has 0 saturated carbocycles. The van der Waals surface area contributed by atoms with Gasteiger partial charge in [0.25, 0.3) is 0 Å². The van der Waals surface area contributed by atoms with Gasteiger partial charge in [0.15, 0.2) is 22.9 Å². The third kappa shape index (κ3) is 3.46. The van der Waals surface area contributed by atoms with Gasteiger partial charge in [0.2, 0.25) is 5.95 Å². The third-order valence-corrected chi connectivity index (χ3v) is 6.91. The molecule has 8 nitrogen and oxygen atoms in total. The van der Waals surface area contributed by atoms with Gasteiger partial charge < -0.3 is 14.4 Å². The minimum atomic E-state index is -0.474. The Balaban J connectivity index is 1.36. The first-order valence-corrected chi connectivity index (χ1v) is 11.6. The van der Waals surface area contributed by atoms with E-state index in [0.29, 0.717) is 23.4 Å². The second-order valence-electron chi connectivity index (χ2n) is 8.92. The molecule has 2 aliphatic heterocycles. The topological polar surface area (TPSA) is 80.6 Å². The fraction of sp³-hybridized carbons (Fsp3) is 0.400. The average Bonchev–Trinajstić information content (AvgIpc) is 3.60. The van der Waals surface area contributed by atoms with Crippen LogP contribution < -0.4 is 9.64 Å². The fourth-order valence-electron chi connectivity index (χ4n) is 4.97. The van der Waals surface area contributed by atoms with Crippen molar-refractivity contribution in [3.63, 3.8) is 0 Å². The Kier molecular flexibility index (Phi) is 5.11. The summed E-state index contributed by atoms with van der Waals surface area (Å²) in [5, 5.41) is 8.09. The van der Waals surface area contributed by atoms with Crippen LogP contribution in [0.2, 0.25) is 0 Å². The van der Waals surface area contributed by atoms with E-state index in [1.165, 1.54) is 0 Å². The lowest BCUT2D eigenvalue weighted by Crippen LogP contribution is -2.41. The van der Waals surface area contributed by atoms with E-state index in [2.05, 4.69) is 31.9 Å². The molecule has 4 aromatic rings. The molecule has 6 rings (SSSR count). The van der Waals surface area contributed by atoms with Gasteiger partial charge in [0.1, 0.15) is 5.69 Å². The van der Waals surface area contributed by atoms with Gasteiger partial charge in [-0.05, 0) is 49.7 Å². The van der Waals surface area contributed by atoms with Crippen LogP contribution in [0.1, 0.15) is 37.4 Å². The molecule has 0 bridgehead atoms. The molecule has 1 N–H and O–H groups in total. The third-order valence-electron chi connectivity index (χ3n) is 6.91. The summed E-state index contributed by atoms with van der Waals surface area (Å²) in [5.41, 5.74) is 2.40. The Hall–Kier alpha value is -3.64. The zero-order valence-electron chi connectivity index (χ0n) is 19.0. The summed E-state index contributed by atoms with van der Waals surface area (Å²) >= 11 is 0. The Morgan fingerprint density at radius 2 is 2.12 bits per heavy atom. The lowest BCUT2D eigenvalue weighted by atomic mass is 9.78. The largest absolute Gasteiger partial charge is 0.491 e. The van der Waals surface area contributed by atoms with E-state index in [1.807, 2.05) is 17.5 Å². The van der Waals surface area contributed by atoms with Crippen LogP contribution in [0.15, 0.2) is 30.6 Å². The van der Waals surface area contributed by atoms with Crippen LogP contribution in [0.5, 0.6) is 5.75 Å². The lowest BCUT2D eigenvalue weighted by Gasteiger charge is -2.38. The van der Waals surface area contributed by atoms with Crippen LogP contribution in [0, 0.1) is 23.1 Å². The van der Waals surface area contributed by atoms with Crippen molar-refractivity contribution >= 4 is 22.6 Å². The van der Waals surface area contributed by atoms with Crippen LogP contribution in [-0.4, -0.2) is 57.5 Å². The zero-order valence-corrected chi connectivity index (χ0v) is 19.0. The molecule has 174 valence electrons. The molecule has 2 fully saturated rings. The van der Waals surface area contributed by atoms with E-state index < -0.39 is 5.82 Å². The van der Waals surface area contributed by atoms with Gasteiger partial charge in [0.05, 0.1) is 24.2 Å². The first-order chi connectivity index (χ1) is 16.7. The van der Waals surface area contributed by atoms with E-state index >= 15 is 0 Å². The summed E-state index contributed by atoms with van der Waals surface area (Å²) in [6.45, 7) is 5.78. The molecule has 0 atom stereocenters. The van der Waals surface area contributed by atoms with Crippen molar-refractivity contribution < 1.29 is 13.9 Å². The number of piperidine rings is 1. The number of nitrogens with zero attached hydrogens (tertiary/aromatic N) is 5. The SMILES string of the molecule is CCOc1cccc(C#Cc2n[nH]c3nc(N4CCC5(CCOC5)CC4)n4ccnc4c23)c1F. The molecule has 1 spiro atoms. The average molecular weight is 461 g/mol. The molecular weight excluding hydrogens is 435 g/mol. The molecule has 5 heterocycles. The molecule has 2 aliphatic rings. The Morgan fingerprint density at radius 3 is 2.91 bits per heavy atom. The van der Waals surface area contributed by atoms with Crippen molar-refractivity contribution in [3.8, 4) is 17.6 Å². The number of anilines is 1. The fourth-order valence-corrected chi connectivity index (χ4v) is 4.97. The molecule has 0 radical (unpaired) electrons. The van der Waals surface area contributed by atoms with Crippen LogP contribution >= 0.6 is 0 Å². The molecule has 0 unspecified atom stereocenters. The van der Waals surface area contributed by atoms with Gasteiger partial charge in [-0.3, -0.25) is 9.50 Å². The van der Waals surface area contributed by atoms with Gasteiger partial charge in [-0.2, -0.15) is 10.1 Å². The van der Waals surface area contributed by atoms with Gasteiger partial charge in [0, 0.05) is 32.1 Å². The second-order valence-corrected chi connectivity index (χ2v) is 8.92. The smallest absolute Gasteiger partial charge is 0.213 e. The van der Waals surface area contributed by atoms with E-state index in [-0.39, 0.29) is 11.3 Å². The predicted molar refractivity (Wildman–Crippen MR) is 126 cm³/mol. The summed E-state index contributed by atoms with van der Waals surface area (Å²) < 4.78 is 27.7. The number of aromatic nitrogens is 5. The highest BCUT2D eigenvalue weighted by Gasteiger charge is 2.38. The maximum absolute atomic E-state index is 14.7. The number of benzene rings is 1. The van der Waals surface area contributed by atoms with Gasteiger partial charge >= 0.3 is 0 Å². The molecule has 3 aromatic heterocycles. The number of hydrogen-bond acceptors (Lipinski definition) is 6. The Labute approximate surface area is 196 Å². The van der Waals surface area contributed by atoms with Crippen molar-refractivity contribution in [1.29, 1.82) is 0 Å². The zero-order chi connectivity index (χ0) is 23.1. The molecule has 1 aromatic carbocycles. The van der Waals surface area contributed by atoms with E-state index in [4.69, 9.17) is 14.5 Å². The predicted octanol–water partition coefficient (Wildman–Crippen LogP) is 3.55. The highest BCUT2D eigenvalue weighted by atomic mass is 19.1. The van der Waals surface area contributed by atoms with Crippen molar-refractivity contribution in [2.75, 3.05) is 37.8 Å². The highest BCUT2D eigenvalue weighted by molar-refractivity contribution is 5.94. The molecule has 0 aliphatic carbocycles. The summed E-state index contributed by atoms with van der Waals surface area (Å²) in [7, 11) is 0. The Bertz CT molecular complexity index is 1420. The second kappa shape index (κ2) is 8.29. The van der Waals surface area contributed by atoms with E-state index in [9.17, 15) is 4.39 Å². The van der Waals surface area contributed by atoms with Gasteiger partial charge in [-0.25, -0.2) is 9.37 Å². The highest BCUT2D eigenvalue weighted by Crippen LogP contribution is 2.40. The van der Waals surface area contributed by atoms with Crippen molar-refractivity contribution in [2.45, 2.75) is 26.2 Å². The van der Waals surface area contributed by atoms with E-state index in [1.54, 1.807) is 24.4 Å². The summed E-state index contributed by atoms with van der Waals surface area (Å²) in [6, 6.07) is 4.94.